The number of anilines is 1. The minimum absolute atomic E-state index is 0.188. The summed E-state index contributed by atoms with van der Waals surface area (Å²) in [6.45, 7) is 4.78. The molecule has 6 heteroatoms. The molecule has 0 bridgehead atoms. The number of carboxylic acid groups (broad SMARTS) is 1. The van der Waals surface area contributed by atoms with E-state index in [0.29, 0.717) is 12.2 Å². The predicted molar refractivity (Wildman–Crippen MR) is 82.3 cm³/mol. The molecule has 2 amide bonds. The van der Waals surface area contributed by atoms with E-state index >= 15 is 0 Å². The number of carbonyl (C=O) groups is 2. The molecule has 0 spiro atoms. The van der Waals surface area contributed by atoms with E-state index in [1.807, 2.05) is 38.2 Å². The van der Waals surface area contributed by atoms with Crippen molar-refractivity contribution < 1.29 is 14.7 Å². The zero-order valence-corrected chi connectivity index (χ0v) is 12.7. The van der Waals surface area contributed by atoms with Crippen LogP contribution >= 0.6 is 0 Å². The molecule has 21 heavy (non-hydrogen) atoms. The standard InChI is InChI=1S/C15H23N3O3/c1-4-18(10-11(2)14(19)20)15(21)17-13-7-5-6-12(8-13)9-16-3/h5-8,11,16H,4,9-10H2,1-3H3,(H,17,21)(H,19,20). The van der Waals surface area contributed by atoms with E-state index in [-0.39, 0.29) is 12.6 Å². The smallest absolute Gasteiger partial charge is 0.321 e. The van der Waals surface area contributed by atoms with Gasteiger partial charge in [0.25, 0.3) is 0 Å². The molecule has 0 heterocycles. The van der Waals surface area contributed by atoms with E-state index in [1.165, 1.54) is 4.90 Å². The first kappa shape index (κ1) is 17.0. The number of hydrogen-bond donors (Lipinski definition) is 3. The lowest BCUT2D eigenvalue weighted by Gasteiger charge is -2.23. The van der Waals surface area contributed by atoms with E-state index in [9.17, 15) is 9.59 Å². The van der Waals surface area contributed by atoms with Gasteiger partial charge in [0, 0.05) is 25.3 Å². The molecule has 3 N–H and O–H groups in total. The number of urea groups is 1. The van der Waals surface area contributed by atoms with Crippen LogP contribution in [0.2, 0.25) is 0 Å². The zero-order valence-electron chi connectivity index (χ0n) is 12.7. The van der Waals surface area contributed by atoms with E-state index in [2.05, 4.69) is 10.6 Å². The van der Waals surface area contributed by atoms with Gasteiger partial charge in [-0.2, -0.15) is 0 Å². The summed E-state index contributed by atoms with van der Waals surface area (Å²) in [7, 11) is 1.86. The van der Waals surface area contributed by atoms with Gasteiger partial charge in [0.05, 0.1) is 5.92 Å². The summed E-state index contributed by atoms with van der Waals surface area (Å²) in [5, 5.41) is 14.8. The molecular weight excluding hydrogens is 270 g/mol. The predicted octanol–water partition coefficient (Wildman–Crippen LogP) is 1.98. The highest BCUT2D eigenvalue weighted by Gasteiger charge is 2.19. The first-order chi connectivity index (χ1) is 9.97. The summed E-state index contributed by atoms with van der Waals surface area (Å²) < 4.78 is 0. The van der Waals surface area contributed by atoms with Crippen molar-refractivity contribution in [2.24, 2.45) is 5.92 Å². The van der Waals surface area contributed by atoms with Crippen LogP contribution < -0.4 is 10.6 Å². The van der Waals surface area contributed by atoms with Gasteiger partial charge in [0.15, 0.2) is 0 Å². The zero-order chi connectivity index (χ0) is 15.8. The number of nitrogens with zero attached hydrogens (tertiary/aromatic N) is 1. The van der Waals surface area contributed by atoms with Crippen molar-refractivity contribution in [3.8, 4) is 0 Å². The lowest BCUT2D eigenvalue weighted by Crippen LogP contribution is -2.39. The molecule has 6 nitrogen and oxygen atoms in total. The molecule has 0 radical (unpaired) electrons. The van der Waals surface area contributed by atoms with Crippen molar-refractivity contribution in [2.75, 3.05) is 25.5 Å². The van der Waals surface area contributed by atoms with Crippen LogP contribution in [0.15, 0.2) is 24.3 Å². The van der Waals surface area contributed by atoms with Gasteiger partial charge < -0.3 is 20.6 Å². The van der Waals surface area contributed by atoms with Gasteiger partial charge in [-0.05, 0) is 31.7 Å². The van der Waals surface area contributed by atoms with Gasteiger partial charge in [-0.15, -0.1) is 0 Å². The second-order valence-electron chi connectivity index (χ2n) is 4.94. The van der Waals surface area contributed by atoms with Crippen molar-refractivity contribution in [3.05, 3.63) is 29.8 Å². The largest absolute Gasteiger partial charge is 0.481 e. The Bertz CT molecular complexity index is 491. The summed E-state index contributed by atoms with van der Waals surface area (Å²) in [6.07, 6.45) is 0. The lowest BCUT2D eigenvalue weighted by atomic mass is 10.1. The van der Waals surface area contributed by atoms with Gasteiger partial charge in [0.2, 0.25) is 0 Å². The van der Waals surface area contributed by atoms with Crippen LogP contribution in [0.25, 0.3) is 0 Å². The fraction of sp³-hybridized carbons (Fsp3) is 0.467. The highest BCUT2D eigenvalue weighted by molar-refractivity contribution is 5.89. The first-order valence-corrected chi connectivity index (χ1v) is 7.00. The van der Waals surface area contributed by atoms with Crippen molar-refractivity contribution in [2.45, 2.75) is 20.4 Å². The number of rotatable bonds is 7. The quantitative estimate of drug-likeness (QED) is 0.718. The number of amides is 2. The second-order valence-corrected chi connectivity index (χ2v) is 4.94. The van der Waals surface area contributed by atoms with Crippen LogP contribution in [-0.4, -0.2) is 42.1 Å². The average molecular weight is 293 g/mol. The van der Waals surface area contributed by atoms with Gasteiger partial charge in [-0.3, -0.25) is 4.79 Å². The summed E-state index contributed by atoms with van der Waals surface area (Å²) >= 11 is 0. The van der Waals surface area contributed by atoms with E-state index in [4.69, 9.17) is 5.11 Å². The van der Waals surface area contributed by atoms with Crippen LogP contribution in [0, 0.1) is 5.92 Å². The maximum absolute atomic E-state index is 12.2. The summed E-state index contributed by atoms with van der Waals surface area (Å²) in [4.78, 5) is 24.5. The van der Waals surface area contributed by atoms with Crippen molar-refractivity contribution in [1.29, 1.82) is 0 Å². The molecule has 0 saturated carbocycles. The maximum atomic E-state index is 12.2. The minimum Gasteiger partial charge on any atom is -0.481 e. The van der Waals surface area contributed by atoms with E-state index < -0.39 is 11.9 Å². The lowest BCUT2D eigenvalue weighted by molar-refractivity contribution is -0.141. The Balaban J connectivity index is 2.69. The summed E-state index contributed by atoms with van der Waals surface area (Å²) in [5.74, 6) is -1.50. The van der Waals surface area contributed by atoms with Crippen molar-refractivity contribution in [1.82, 2.24) is 10.2 Å². The number of benzene rings is 1. The molecule has 0 aliphatic carbocycles. The Morgan fingerprint density at radius 2 is 2.10 bits per heavy atom. The second kappa shape index (κ2) is 8.26. The van der Waals surface area contributed by atoms with E-state index in [0.717, 1.165) is 12.1 Å². The molecule has 0 aromatic heterocycles. The third kappa shape index (κ3) is 5.43. The SMILES string of the molecule is CCN(CC(C)C(=O)O)C(=O)Nc1cccc(CNC)c1. The molecule has 0 aliphatic rings. The van der Waals surface area contributed by atoms with Crippen LogP contribution in [0.3, 0.4) is 0 Å². The molecule has 0 aliphatic heterocycles. The average Bonchev–Trinajstić information content (AvgIpc) is 2.44. The highest BCUT2D eigenvalue weighted by Crippen LogP contribution is 2.12. The summed E-state index contributed by atoms with van der Waals surface area (Å²) in [5.41, 5.74) is 1.77. The fourth-order valence-corrected chi connectivity index (χ4v) is 1.93. The van der Waals surface area contributed by atoms with Crippen molar-refractivity contribution >= 4 is 17.7 Å². The number of aliphatic carboxylic acids is 1. The number of carbonyl (C=O) groups excluding carboxylic acids is 1. The molecule has 1 unspecified atom stereocenters. The third-order valence-electron chi connectivity index (χ3n) is 3.14. The normalized spacial score (nSPS) is 11.8. The maximum Gasteiger partial charge on any atom is 0.321 e. The van der Waals surface area contributed by atoms with Gasteiger partial charge in [0.1, 0.15) is 0 Å². The molecule has 0 fully saturated rings. The Morgan fingerprint density at radius 1 is 1.38 bits per heavy atom. The molecular formula is C15H23N3O3. The summed E-state index contributed by atoms with van der Waals surface area (Å²) in [6, 6.07) is 7.26. The minimum atomic E-state index is -0.905. The molecule has 0 saturated heterocycles. The highest BCUT2D eigenvalue weighted by atomic mass is 16.4. The number of hydrogen-bond acceptors (Lipinski definition) is 3. The molecule has 1 aromatic rings. The van der Waals surface area contributed by atoms with Gasteiger partial charge in [-0.1, -0.05) is 19.1 Å². The van der Waals surface area contributed by atoms with Crippen LogP contribution in [0.4, 0.5) is 10.5 Å². The topological polar surface area (TPSA) is 81.7 Å². The Morgan fingerprint density at radius 3 is 2.67 bits per heavy atom. The Kier molecular flexibility index (Phi) is 6.68. The number of carboxylic acids is 1. The van der Waals surface area contributed by atoms with Crippen LogP contribution in [-0.2, 0) is 11.3 Å². The Hall–Kier alpha value is -2.08. The van der Waals surface area contributed by atoms with Crippen LogP contribution in [0.5, 0.6) is 0 Å². The van der Waals surface area contributed by atoms with Gasteiger partial charge in [-0.25, -0.2) is 4.79 Å². The fourth-order valence-electron chi connectivity index (χ4n) is 1.93. The molecule has 1 rings (SSSR count). The monoisotopic (exact) mass is 293 g/mol. The molecule has 116 valence electrons. The first-order valence-electron chi connectivity index (χ1n) is 7.00. The molecule has 1 atom stereocenters. The van der Waals surface area contributed by atoms with E-state index in [1.54, 1.807) is 6.92 Å². The van der Waals surface area contributed by atoms with Gasteiger partial charge >= 0.3 is 12.0 Å². The third-order valence-corrected chi connectivity index (χ3v) is 3.14. The Labute approximate surface area is 125 Å². The van der Waals surface area contributed by atoms with Crippen molar-refractivity contribution in [3.63, 3.8) is 0 Å². The number of nitrogens with one attached hydrogen (secondary N) is 2. The molecule has 1 aromatic carbocycles. The van der Waals surface area contributed by atoms with Crippen LogP contribution in [0.1, 0.15) is 19.4 Å².